The maximum Gasteiger partial charge on any atom is 0.136 e. The Kier molecular flexibility index (Phi) is 4.59. The van der Waals surface area contributed by atoms with Gasteiger partial charge in [-0.2, -0.15) is 0 Å². The highest BCUT2D eigenvalue weighted by molar-refractivity contribution is 5.70. The number of hydrogen-bond acceptors (Lipinski definition) is 4. The molecule has 1 atom stereocenters. The van der Waals surface area contributed by atoms with Gasteiger partial charge in [0.15, 0.2) is 0 Å². The fourth-order valence-corrected chi connectivity index (χ4v) is 3.73. The Bertz CT molecular complexity index is 1040. The van der Waals surface area contributed by atoms with E-state index in [1.165, 1.54) is 5.56 Å². The number of hydrogen-bond donors (Lipinski definition) is 2. The number of aromatic nitrogens is 2. The zero-order valence-electron chi connectivity index (χ0n) is 16.5. The Morgan fingerprint density at radius 2 is 2.21 bits per heavy atom. The van der Waals surface area contributed by atoms with Gasteiger partial charge in [-0.1, -0.05) is 19.2 Å². The largest absolute Gasteiger partial charge is 0.486 e. The maximum absolute atomic E-state index is 5.96. The molecule has 3 aromatic rings. The molecule has 0 radical (unpaired) electrons. The number of nitrogens with one attached hydrogen (secondary N) is 2. The third-order valence-corrected chi connectivity index (χ3v) is 5.39. The van der Waals surface area contributed by atoms with Gasteiger partial charge < -0.3 is 19.8 Å². The van der Waals surface area contributed by atoms with E-state index in [4.69, 9.17) is 4.74 Å². The summed E-state index contributed by atoms with van der Waals surface area (Å²) in [7, 11) is 0. The number of rotatable bonds is 6. The minimum absolute atomic E-state index is 0.194. The van der Waals surface area contributed by atoms with Crippen molar-refractivity contribution < 1.29 is 4.74 Å². The molecule has 0 aliphatic carbocycles. The Morgan fingerprint density at radius 3 is 2.93 bits per heavy atom. The smallest absolute Gasteiger partial charge is 0.136 e. The minimum atomic E-state index is -0.194. The number of aryl methyl sites for hydroxylation is 1. The Balaban J connectivity index is 1.60. The lowest BCUT2D eigenvalue weighted by atomic mass is 9.97. The Hall–Kier alpha value is -3.21. The summed E-state index contributed by atoms with van der Waals surface area (Å²) in [5, 5.41) is 6.91. The molecule has 5 nitrogen and oxygen atoms in total. The van der Waals surface area contributed by atoms with Crippen molar-refractivity contribution in [1.29, 1.82) is 0 Å². The first-order valence-electron chi connectivity index (χ1n) is 9.51. The standard InChI is InChI=1S/C23H26N4O/c1-16-13-20-8-9-21(28-15-19-7-5-6-11-25-19)14-27(20)22(16)17(2)26-23(4)10-12-24-18(23)3/h5-9,11,13-14,24,26H,2-3,10,12,15H2,1,4H3. The second kappa shape index (κ2) is 7.08. The molecule has 1 fully saturated rings. The molecule has 0 spiro atoms. The van der Waals surface area contributed by atoms with Crippen molar-refractivity contribution in [2.75, 3.05) is 6.54 Å². The van der Waals surface area contributed by atoms with Gasteiger partial charge in [0.25, 0.3) is 0 Å². The van der Waals surface area contributed by atoms with Crippen molar-refractivity contribution in [2.24, 2.45) is 0 Å². The lowest BCUT2D eigenvalue weighted by molar-refractivity contribution is 0.300. The van der Waals surface area contributed by atoms with E-state index in [2.05, 4.69) is 59.2 Å². The van der Waals surface area contributed by atoms with E-state index in [1.54, 1.807) is 6.20 Å². The highest BCUT2D eigenvalue weighted by Gasteiger charge is 2.33. The van der Waals surface area contributed by atoms with E-state index in [1.807, 2.05) is 30.5 Å². The van der Waals surface area contributed by atoms with Crippen molar-refractivity contribution in [1.82, 2.24) is 20.0 Å². The monoisotopic (exact) mass is 374 g/mol. The van der Waals surface area contributed by atoms with Crippen LogP contribution in [0.5, 0.6) is 5.75 Å². The highest BCUT2D eigenvalue weighted by atomic mass is 16.5. The zero-order chi connectivity index (χ0) is 19.7. The predicted molar refractivity (Wildman–Crippen MR) is 113 cm³/mol. The molecule has 1 aliphatic heterocycles. The normalized spacial score (nSPS) is 18.9. The van der Waals surface area contributed by atoms with Crippen LogP contribution >= 0.6 is 0 Å². The van der Waals surface area contributed by atoms with Crippen molar-refractivity contribution in [2.45, 2.75) is 32.4 Å². The van der Waals surface area contributed by atoms with Crippen LogP contribution in [-0.2, 0) is 6.61 Å². The van der Waals surface area contributed by atoms with E-state index in [-0.39, 0.29) is 5.54 Å². The van der Waals surface area contributed by atoms with Gasteiger partial charge in [0, 0.05) is 24.0 Å². The first kappa shape index (κ1) is 18.2. The lowest BCUT2D eigenvalue weighted by Crippen LogP contribution is -2.41. The van der Waals surface area contributed by atoms with E-state index < -0.39 is 0 Å². The maximum atomic E-state index is 5.96. The van der Waals surface area contributed by atoms with Gasteiger partial charge in [-0.05, 0) is 56.2 Å². The van der Waals surface area contributed by atoms with E-state index in [0.717, 1.165) is 47.0 Å². The summed E-state index contributed by atoms with van der Waals surface area (Å²) in [5.41, 5.74) is 5.92. The van der Waals surface area contributed by atoms with Crippen LogP contribution in [0.25, 0.3) is 11.2 Å². The number of ether oxygens (including phenoxy) is 1. The van der Waals surface area contributed by atoms with E-state index >= 15 is 0 Å². The zero-order valence-corrected chi connectivity index (χ0v) is 16.5. The molecule has 0 amide bonds. The minimum Gasteiger partial charge on any atom is -0.486 e. The van der Waals surface area contributed by atoms with Gasteiger partial charge in [-0.3, -0.25) is 4.98 Å². The first-order valence-corrected chi connectivity index (χ1v) is 9.51. The van der Waals surface area contributed by atoms with Crippen LogP contribution in [0.15, 0.2) is 67.6 Å². The fraction of sp³-hybridized carbons (Fsp3) is 0.261. The predicted octanol–water partition coefficient (Wildman–Crippen LogP) is 4.05. The third-order valence-electron chi connectivity index (χ3n) is 5.39. The molecule has 2 N–H and O–H groups in total. The number of fused-ring (bicyclic) bond motifs is 1. The molecule has 1 unspecified atom stereocenters. The van der Waals surface area contributed by atoms with Crippen molar-refractivity contribution in [3.8, 4) is 5.75 Å². The first-order chi connectivity index (χ1) is 13.5. The second-order valence-electron chi connectivity index (χ2n) is 7.54. The van der Waals surface area contributed by atoms with Gasteiger partial charge in [-0.15, -0.1) is 0 Å². The molecule has 4 heterocycles. The summed E-state index contributed by atoms with van der Waals surface area (Å²) in [6.07, 6.45) is 4.76. The average molecular weight is 374 g/mol. The Morgan fingerprint density at radius 1 is 1.36 bits per heavy atom. The van der Waals surface area contributed by atoms with Gasteiger partial charge in [0.1, 0.15) is 12.4 Å². The Labute approximate surface area is 165 Å². The second-order valence-corrected chi connectivity index (χ2v) is 7.54. The van der Waals surface area contributed by atoms with E-state index in [9.17, 15) is 0 Å². The van der Waals surface area contributed by atoms with Crippen LogP contribution in [0.2, 0.25) is 0 Å². The summed E-state index contributed by atoms with van der Waals surface area (Å²) in [6.45, 7) is 14.1. The average Bonchev–Trinajstić information content (AvgIpc) is 3.18. The topological polar surface area (TPSA) is 50.6 Å². The van der Waals surface area contributed by atoms with Gasteiger partial charge >= 0.3 is 0 Å². The van der Waals surface area contributed by atoms with Crippen molar-refractivity contribution in [3.05, 3.63) is 84.6 Å². The molecular weight excluding hydrogens is 348 g/mol. The fourth-order valence-electron chi connectivity index (χ4n) is 3.73. The van der Waals surface area contributed by atoms with Crippen LogP contribution in [0, 0.1) is 6.92 Å². The van der Waals surface area contributed by atoms with Crippen LogP contribution in [0.1, 0.15) is 30.3 Å². The summed E-state index contributed by atoms with van der Waals surface area (Å²) >= 11 is 0. The molecule has 0 bridgehead atoms. The molecule has 5 heteroatoms. The van der Waals surface area contributed by atoms with Crippen LogP contribution in [-0.4, -0.2) is 21.5 Å². The van der Waals surface area contributed by atoms with Gasteiger partial charge in [-0.25, -0.2) is 0 Å². The van der Waals surface area contributed by atoms with Crippen LogP contribution in [0.3, 0.4) is 0 Å². The van der Waals surface area contributed by atoms with Gasteiger partial charge in [0.2, 0.25) is 0 Å². The quantitative estimate of drug-likeness (QED) is 0.683. The van der Waals surface area contributed by atoms with Crippen LogP contribution < -0.4 is 15.4 Å². The summed E-state index contributed by atoms with van der Waals surface area (Å²) in [4.78, 5) is 4.31. The molecular formula is C23H26N4O. The molecule has 28 heavy (non-hydrogen) atoms. The lowest BCUT2D eigenvalue weighted by Gasteiger charge is -2.28. The molecule has 144 valence electrons. The number of pyridine rings is 2. The summed E-state index contributed by atoms with van der Waals surface area (Å²) in [6, 6.07) is 12.0. The molecule has 1 aliphatic rings. The number of nitrogens with zero attached hydrogens (tertiary/aromatic N) is 2. The molecule has 0 aromatic carbocycles. The molecule has 0 saturated carbocycles. The SMILES string of the molecule is C=C(NC1(C)CCNC1=C)c1c(C)cc2ccc(OCc3ccccn3)cn12. The van der Waals surface area contributed by atoms with Crippen molar-refractivity contribution in [3.63, 3.8) is 0 Å². The molecule has 3 aromatic heterocycles. The van der Waals surface area contributed by atoms with E-state index in [0.29, 0.717) is 6.61 Å². The van der Waals surface area contributed by atoms with Gasteiger partial charge in [0.05, 0.1) is 28.8 Å². The summed E-state index contributed by atoms with van der Waals surface area (Å²) in [5.74, 6) is 0.793. The molecule has 4 rings (SSSR count). The van der Waals surface area contributed by atoms with Crippen LogP contribution in [0.4, 0.5) is 0 Å². The highest BCUT2D eigenvalue weighted by Crippen LogP contribution is 2.29. The molecule has 1 saturated heterocycles. The summed E-state index contributed by atoms with van der Waals surface area (Å²) < 4.78 is 8.09. The third kappa shape index (κ3) is 3.36. The van der Waals surface area contributed by atoms with Crippen molar-refractivity contribution >= 4 is 11.2 Å².